The summed E-state index contributed by atoms with van der Waals surface area (Å²) in [5.41, 5.74) is 21.3. The molecule has 2 aromatic heterocycles. The summed E-state index contributed by atoms with van der Waals surface area (Å²) in [5.74, 6) is 0.793. The molecule has 2 heterocycles. The number of fused-ring (bicyclic) bond motifs is 1. The smallest absolute Gasteiger partial charge is 0.0849 e. The number of hydrogen-bond acceptors (Lipinski definition) is 8. The van der Waals surface area contributed by atoms with Gasteiger partial charge in [0, 0.05) is 33.6 Å². The van der Waals surface area contributed by atoms with Gasteiger partial charge in [0.25, 0.3) is 0 Å². The molecule has 78 heavy (non-hydrogen) atoms. The van der Waals surface area contributed by atoms with Crippen LogP contribution in [0.2, 0.25) is 0 Å². The van der Waals surface area contributed by atoms with Crippen molar-refractivity contribution >= 4 is 56.4 Å². The normalized spacial score (nSPS) is 12.0. The van der Waals surface area contributed by atoms with Gasteiger partial charge in [-0.2, -0.15) is 0 Å². The van der Waals surface area contributed by atoms with Crippen molar-refractivity contribution in [3.8, 4) is 11.5 Å². The van der Waals surface area contributed by atoms with Crippen LogP contribution in [0.1, 0.15) is 174 Å². The molecule has 0 aliphatic heterocycles. The Bertz CT molecular complexity index is 3060. The Balaban J connectivity index is 0.000000271. The number of benzene rings is 6. The molecule has 0 N–H and O–H groups in total. The van der Waals surface area contributed by atoms with Gasteiger partial charge in [-0.15, -0.1) is 11.5 Å². The van der Waals surface area contributed by atoms with Gasteiger partial charge in [-0.05, 0) is 161 Å². The maximum absolute atomic E-state index is 10.9. The van der Waals surface area contributed by atoms with Gasteiger partial charge in [-0.25, -0.2) is 9.97 Å². The third-order valence-electron chi connectivity index (χ3n) is 13.2. The van der Waals surface area contributed by atoms with E-state index in [9.17, 15) is 10.2 Å². The van der Waals surface area contributed by atoms with Crippen molar-refractivity contribution in [1.82, 2.24) is 9.97 Å². The average molecular weight is 1130 g/mol. The minimum atomic E-state index is -0.436. The number of aryl methyl sites for hydroxylation is 4. The van der Waals surface area contributed by atoms with Gasteiger partial charge in [0.2, 0.25) is 0 Å². The fraction of sp³-hybridized carbons (Fsp3) is 0.294. The molecule has 0 aliphatic carbocycles. The van der Waals surface area contributed by atoms with E-state index in [2.05, 4.69) is 156 Å². The summed E-state index contributed by atoms with van der Waals surface area (Å²) in [6.07, 6.45) is 0. The van der Waals surface area contributed by atoms with E-state index in [0.717, 1.165) is 79.1 Å². The van der Waals surface area contributed by atoms with Crippen molar-refractivity contribution in [1.29, 1.82) is 0 Å². The molecule has 8 aromatic rings. The van der Waals surface area contributed by atoms with Gasteiger partial charge in [0.15, 0.2) is 0 Å². The molecule has 6 aromatic carbocycles. The van der Waals surface area contributed by atoms with E-state index in [1.807, 2.05) is 88.4 Å². The third-order valence-corrected chi connectivity index (χ3v) is 13.2. The zero-order valence-electron chi connectivity index (χ0n) is 48.3. The topological polar surface area (TPSA) is 121 Å². The van der Waals surface area contributed by atoms with Crippen molar-refractivity contribution in [2.24, 2.45) is 20.0 Å². The van der Waals surface area contributed by atoms with E-state index in [-0.39, 0.29) is 33.6 Å². The predicted octanol–water partition coefficient (Wildman–Crippen LogP) is 17.4. The Morgan fingerprint density at radius 2 is 0.564 bits per heavy atom. The van der Waals surface area contributed by atoms with Crippen LogP contribution >= 0.6 is 0 Å². The van der Waals surface area contributed by atoms with E-state index in [1.165, 1.54) is 56.6 Å². The zero-order chi connectivity index (χ0) is 55.4. The summed E-state index contributed by atoms with van der Waals surface area (Å²) >= 11 is 0. The Kier molecular flexibility index (Phi) is 23.9. The Hall–Kier alpha value is -6.83. The molecule has 10 heteroatoms. The first-order valence-corrected chi connectivity index (χ1v) is 26.5. The summed E-state index contributed by atoms with van der Waals surface area (Å²) < 4.78 is 0. The summed E-state index contributed by atoms with van der Waals surface area (Å²) in [6.45, 7) is 34.3. The van der Waals surface area contributed by atoms with E-state index in [4.69, 9.17) is 29.9 Å². The molecule has 0 spiro atoms. The molecule has 0 unspecified atom stereocenters. The predicted molar refractivity (Wildman–Crippen MR) is 320 cm³/mol. The van der Waals surface area contributed by atoms with Crippen molar-refractivity contribution in [2.45, 2.75) is 134 Å². The Labute approximate surface area is 485 Å². The van der Waals surface area contributed by atoms with Gasteiger partial charge in [-0.1, -0.05) is 175 Å². The van der Waals surface area contributed by atoms with E-state index < -0.39 is 11.5 Å². The second-order valence-electron chi connectivity index (χ2n) is 21.1. The van der Waals surface area contributed by atoms with Crippen molar-refractivity contribution < 1.29 is 43.8 Å². The quantitative estimate of drug-likeness (QED) is 0.113. The van der Waals surface area contributed by atoms with Crippen molar-refractivity contribution in [3.63, 3.8) is 0 Å². The number of hydrogen-bond donors (Lipinski definition) is 0. The number of nitrogens with zero attached hydrogens (tertiary/aromatic N) is 6. The van der Waals surface area contributed by atoms with Crippen LogP contribution in [0.25, 0.3) is 10.8 Å². The number of aromatic nitrogens is 2. The summed E-state index contributed by atoms with van der Waals surface area (Å²) in [5, 5.41) is 23.5. The standard InChI is InChI=1S/2C29H35N3.C10H8O2.2Co/c2*1-18(2)24-16-20(5)12-14-28(24)30-22(7)26-10-9-11-27(32-26)23(8)31-29-15-13-21(6)17-25(29)19(3)4;11-9-5-7-3-1-2-4-8(7)6-10(9)12;;/h2*9-19H,1-8H3;1-6,11-12H;;/p-2. The maximum atomic E-state index is 10.9. The molecular formula is C68H76Co2N6O2-2. The molecule has 0 fully saturated rings. The second-order valence-corrected chi connectivity index (χ2v) is 21.1. The first-order valence-electron chi connectivity index (χ1n) is 26.5. The van der Waals surface area contributed by atoms with E-state index in [1.54, 1.807) is 0 Å². The van der Waals surface area contributed by atoms with Gasteiger partial charge in [0.05, 0.1) is 68.4 Å². The molecule has 0 saturated heterocycles. The summed E-state index contributed by atoms with van der Waals surface area (Å²) in [6, 6.07) is 48.0. The molecule has 0 amide bonds. The second kappa shape index (κ2) is 29.2. The van der Waals surface area contributed by atoms with E-state index >= 15 is 0 Å². The van der Waals surface area contributed by atoms with Crippen LogP contribution in [0, 0.1) is 27.7 Å². The van der Waals surface area contributed by atoms with Crippen LogP contribution in [-0.4, -0.2) is 32.8 Å². The molecule has 8 rings (SSSR count). The zero-order valence-corrected chi connectivity index (χ0v) is 50.4. The van der Waals surface area contributed by atoms with Crippen LogP contribution in [0.15, 0.2) is 166 Å². The number of aliphatic imine (C=N–C) groups is 4. The van der Waals surface area contributed by atoms with E-state index in [0.29, 0.717) is 23.7 Å². The van der Waals surface area contributed by atoms with Gasteiger partial charge in [-0.3, -0.25) is 20.0 Å². The van der Waals surface area contributed by atoms with Crippen molar-refractivity contribution in [3.05, 3.63) is 213 Å². The molecule has 410 valence electrons. The monoisotopic (exact) mass is 1130 g/mol. The van der Waals surface area contributed by atoms with Gasteiger partial charge < -0.3 is 10.2 Å². The average Bonchev–Trinajstić information content (AvgIpc) is 3.38. The van der Waals surface area contributed by atoms with Gasteiger partial charge in [0.1, 0.15) is 0 Å². The molecular weight excluding hydrogens is 1050 g/mol. The third kappa shape index (κ3) is 17.3. The summed E-state index contributed by atoms with van der Waals surface area (Å²) in [7, 11) is 0. The molecule has 0 aliphatic rings. The molecule has 8 nitrogen and oxygen atoms in total. The number of pyridine rings is 2. The molecule has 0 atom stereocenters. The molecule has 2 radical (unpaired) electrons. The van der Waals surface area contributed by atoms with Crippen LogP contribution in [0.4, 0.5) is 22.7 Å². The Morgan fingerprint density at radius 3 is 0.782 bits per heavy atom. The van der Waals surface area contributed by atoms with Crippen LogP contribution < -0.4 is 10.2 Å². The molecule has 0 saturated carbocycles. The first kappa shape index (κ1) is 63.7. The van der Waals surface area contributed by atoms with Crippen LogP contribution in [0.5, 0.6) is 11.5 Å². The van der Waals surface area contributed by atoms with Crippen LogP contribution in [0.3, 0.4) is 0 Å². The van der Waals surface area contributed by atoms with Crippen molar-refractivity contribution in [2.75, 3.05) is 0 Å². The Morgan fingerprint density at radius 1 is 0.333 bits per heavy atom. The minimum absolute atomic E-state index is 0. The fourth-order valence-electron chi connectivity index (χ4n) is 8.78. The SMILES string of the molecule is CC(=Nc1ccc(C)cc1C(C)C)c1cccc(C(C)=Nc2ccc(C)cc2C(C)C)n1.CC(=Nc1ccc(C)cc1C(C)C)c1cccc(C(C)=Nc2ccc(C)cc2C(C)C)n1.[Co].[Co].[O-]c1cc2ccccc2cc1[O-]. The number of rotatable bonds is 12. The maximum Gasteiger partial charge on any atom is 0.0849 e. The molecule has 0 bridgehead atoms. The first-order chi connectivity index (χ1) is 36.1. The van der Waals surface area contributed by atoms with Crippen LogP contribution in [-0.2, 0) is 33.6 Å². The fourth-order valence-corrected chi connectivity index (χ4v) is 8.78. The van der Waals surface area contributed by atoms with Gasteiger partial charge >= 0.3 is 0 Å². The summed E-state index contributed by atoms with van der Waals surface area (Å²) in [4.78, 5) is 29.5. The largest absolute Gasteiger partial charge is 0.873 e. The minimum Gasteiger partial charge on any atom is -0.873 e.